The molecule has 9 nitrogen and oxygen atoms in total. The Bertz CT molecular complexity index is 749. The van der Waals surface area contributed by atoms with Gasteiger partial charge < -0.3 is 21.1 Å². The van der Waals surface area contributed by atoms with Crippen LogP contribution in [-0.2, 0) is 19.2 Å². The molecule has 5 N–H and O–H groups in total. The minimum absolute atomic E-state index is 0.00449. The van der Waals surface area contributed by atoms with Crippen LogP contribution in [0.15, 0.2) is 0 Å². The molecule has 4 atom stereocenters. The van der Waals surface area contributed by atoms with Gasteiger partial charge in [0.2, 0.25) is 5.91 Å². The molecule has 1 aliphatic heterocycles. The van der Waals surface area contributed by atoms with E-state index in [1.807, 2.05) is 4.31 Å². The van der Waals surface area contributed by atoms with E-state index in [-0.39, 0.29) is 35.7 Å². The molecule has 34 heavy (non-hydrogen) atoms. The fourth-order valence-electron chi connectivity index (χ4n) is 3.79. The molecule has 0 aromatic carbocycles. The number of rotatable bonds is 4. The molecule has 4 unspecified atom stereocenters. The van der Waals surface area contributed by atoms with Gasteiger partial charge in [-0.25, -0.2) is 0 Å². The Hall–Kier alpha value is -1.21. The molecule has 1 heterocycles. The maximum atomic E-state index is 11.6. The van der Waals surface area contributed by atoms with Gasteiger partial charge in [0, 0.05) is 16.4 Å². The number of carboxylic acid groups (broad SMARTS) is 3. The Morgan fingerprint density at radius 3 is 1.85 bits per heavy atom. The van der Waals surface area contributed by atoms with Crippen LogP contribution in [0.5, 0.6) is 0 Å². The molecule has 2 aliphatic carbocycles. The summed E-state index contributed by atoms with van der Waals surface area (Å²) in [5.74, 6) is -2.78. The second kappa shape index (κ2) is 18.1. The molecule has 0 aromatic rings. The molecule has 2 saturated carbocycles. The van der Waals surface area contributed by atoms with E-state index in [1.165, 1.54) is 11.8 Å². The number of aliphatic carboxylic acids is 3. The number of amides is 1. The van der Waals surface area contributed by atoms with E-state index in [1.54, 1.807) is 4.90 Å². The highest BCUT2D eigenvalue weighted by Gasteiger charge is 2.37. The number of thioether (sulfide) groups is 1. The summed E-state index contributed by atoms with van der Waals surface area (Å²) in [6.45, 7) is 0. The molecule has 14 heteroatoms. The van der Waals surface area contributed by atoms with Crippen LogP contribution in [0.4, 0.5) is 0 Å². The summed E-state index contributed by atoms with van der Waals surface area (Å²) >= 11 is 19.2. The minimum Gasteiger partial charge on any atom is -0.481 e. The first-order chi connectivity index (χ1) is 16.0. The van der Waals surface area contributed by atoms with Gasteiger partial charge in [0.25, 0.3) is 0 Å². The van der Waals surface area contributed by atoms with E-state index in [9.17, 15) is 19.2 Å². The van der Waals surface area contributed by atoms with Gasteiger partial charge >= 0.3 is 17.9 Å². The normalized spacial score (nSPS) is 25.8. The van der Waals surface area contributed by atoms with Crippen molar-refractivity contribution in [1.29, 1.82) is 0 Å². The van der Waals surface area contributed by atoms with Crippen LogP contribution in [0, 0.1) is 11.8 Å². The first-order valence-electron chi connectivity index (χ1n) is 10.4. The Kier molecular flexibility index (Phi) is 17.5. The van der Waals surface area contributed by atoms with Crippen LogP contribution >= 0.6 is 60.0 Å². The molecular weight excluding hydrogens is 544 g/mol. The number of nitrogens with two attached hydrogens (primary N) is 1. The van der Waals surface area contributed by atoms with Crippen LogP contribution in [0.1, 0.15) is 51.4 Å². The third-order valence-electron chi connectivity index (χ3n) is 5.32. The molecule has 0 bridgehead atoms. The lowest BCUT2D eigenvalue weighted by atomic mass is 9.85. The summed E-state index contributed by atoms with van der Waals surface area (Å²) < 4.78 is 2.53. The Balaban J connectivity index is 0.000000516. The maximum absolute atomic E-state index is 11.6. The zero-order chi connectivity index (χ0) is 26.3. The Labute approximate surface area is 223 Å². The van der Waals surface area contributed by atoms with Gasteiger partial charge in [-0.1, -0.05) is 36.8 Å². The second-order valence-corrected chi connectivity index (χ2v) is 10.3. The van der Waals surface area contributed by atoms with Crippen molar-refractivity contribution in [3.63, 3.8) is 0 Å². The summed E-state index contributed by atoms with van der Waals surface area (Å²) in [6, 6.07) is 0.125. The Morgan fingerprint density at radius 1 is 1.03 bits per heavy atom. The summed E-state index contributed by atoms with van der Waals surface area (Å²) in [5, 5.41) is 25.2. The maximum Gasteiger partial charge on any atom is 0.318 e. The molecule has 0 aromatic heterocycles. The summed E-state index contributed by atoms with van der Waals surface area (Å²) in [7, 11) is 0. The van der Waals surface area contributed by atoms with Crippen molar-refractivity contribution in [2.75, 3.05) is 11.6 Å². The number of halogens is 1. The van der Waals surface area contributed by atoms with E-state index in [0.717, 1.165) is 32.1 Å². The van der Waals surface area contributed by atoms with Crippen molar-refractivity contribution in [2.24, 2.45) is 17.6 Å². The molecule has 3 fully saturated rings. The number of thiocarbonyl (C=S) groups is 3. The number of hydrogen-bond acceptors (Lipinski definition) is 9. The molecule has 1 saturated heterocycles. The van der Waals surface area contributed by atoms with Gasteiger partial charge in [-0.15, -0.1) is 11.6 Å². The monoisotopic (exact) mass is 572 g/mol. The number of carboxylic acids is 3. The van der Waals surface area contributed by atoms with Crippen molar-refractivity contribution in [1.82, 2.24) is 4.90 Å². The highest BCUT2D eigenvalue weighted by molar-refractivity contribution is 8.23. The topological polar surface area (TPSA) is 158 Å². The molecule has 3 aliphatic rings. The predicted octanol–water partition coefficient (Wildman–Crippen LogP) is 3.41. The van der Waals surface area contributed by atoms with Crippen LogP contribution in [0.25, 0.3) is 0 Å². The van der Waals surface area contributed by atoms with Gasteiger partial charge in [0.05, 0.1) is 17.6 Å². The number of nitrogens with zero attached hydrogens (tertiary/aromatic N) is 1. The molecule has 3 rings (SSSR count). The Morgan fingerprint density at radius 2 is 1.50 bits per heavy atom. The zero-order valence-corrected chi connectivity index (χ0v) is 22.4. The largest absolute Gasteiger partial charge is 0.481 e. The van der Waals surface area contributed by atoms with Crippen LogP contribution in [0.3, 0.4) is 0 Å². The van der Waals surface area contributed by atoms with Crippen LogP contribution in [-0.4, -0.2) is 76.4 Å². The summed E-state index contributed by atoms with van der Waals surface area (Å²) in [6.07, 6.45) is 6.42. The van der Waals surface area contributed by atoms with Crippen molar-refractivity contribution in [2.45, 2.75) is 63.5 Å². The van der Waals surface area contributed by atoms with Crippen molar-refractivity contribution in [3.8, 4) is 0 Å². The predicted molar refractivity (Wildman–Crippen MR) is 141 cm³/mol. The fourth-order valence-corrected chi connectivity index (χ4v) is 5.00. The van der Waals surface area contributed by atoms with E-state index >= 15 is 0 Å². The van der Waals surface area contributed by atoms with Gasteiger partial charge in [-0.05, 0) is 63.0 Å². The lowest BCUT2D eigenvalue weighted by Gasteiger charge is -2.33. The second-order valence-electron chi connectivity index (χ2n) is 7.75. The smallest absolute Gasteiger partial charge is 0.318 e. The summed E-state index contributed by atoms with van der Waals surface area (Å²) in [4.78, 5) is 43.9. The number of carbonyl (C=O) groups excluding carboxylic acids is 1. The van der Waals surface area contributed by atoms with Crippen LogP contribution < -0.4 is 5.73 Å². The summed E-state index contributed by atoms with van der Waals surface area (Å²) in [5.41, 5.74) is 5.60. The average molecular weight is 573 g/mol. The van der Waals surface area contributed by atoms with E-state index < -0.39 is 17.9 Å². The first kappa shape index (κ1) is 32.8. The third kappa shape index (κ3) is 13.0. The molecule has 1 amide bonds. The third-order valence-corrected chi connectivity index (χ3v) is 6.94. The zero-order valence-electron chi connectivity index (χ0n) is 18.4. The van der Waals surface area contributed by atoms with Crippen molar-refractivity contribution in [3.05, 3.63) is 0 Å². The quantitative estimate of drug-likeness (QED) is 0.288. The van der Waals surface area contributed by atoms with Gasteiger partial charge in [-0.3, -0.25) is 24.1 Å². The van der Waals surface area contributed by atoms with E-state index in [4.69, 9.17) is 44.9 Å². The van der Waals surface area contributed by atoms with E-state index in [0.29, 0.717) is 29.3 Å². The SMILES string of the molecule is NC1CCCC(C(=O)O)C1.O=C(O)C1CCCC(N2C(=O)CSC2=S)C1.O=C(O)CCl.S=C=S. The fraction of sp³-hybridized carbons (Fsp3) is 0.700. The molecule has 0 radical (unpaired) electrons. The van der Waals surface area contributed by atoms with Crippen LogP contribution in [0.2, 0.25) is 0 Å². The minimum atomic E-state index is -0.980. The number of carbonyl (C=O) groups is 4. The first-order valence-corrected chi connectivity index (χ1v) is 13.2. The molecule has 0 spiro atoms. The number of alkyl halides is 1. The highest BCUT2D eigenvalue weighted by atomic mass is 35.5. The molecule has 192 valence electrons. The lowest BCUT2D eigenvalue weighted by Crippen LogP contribution is -2.42. The average Bonchev–Trinajstić information content (AvgIpc) is 3.13. The van der Waals surface area contributed by atoms with Gasteiger partial charge in [0.1, 0.15) is 10.2 Å². The highest BCUT2D eigenvalue weighted by Crippen LogP contribution is 2.32. The molecular formula is C20H29ClN2O7S4. The van der Waals surface area contributed by atoms with E-state index in [2.05, 4.69) is 24.4 Å². The lowest BCUT2D eigenvalue weighted by molar-refractivity contribution is -0.144. The van der Waals surface area contributed by atoms with Gasteiger partial charge in [-0.2, -0.15) is 0 Å². The van der Waals surface area contributed by atoms with Crippen molar-refractivity contribution >= 4 is 92.5 Å². The van der Waals surface area contributed by atoms with Gasteiger partial charge in [0.15, 0.2) is 0 Å². The van der Waals surface area contributed by atoms with Crippen molar-refractivity contribution < 1.29 is 34.5 Å². The standard InChI is InChI=1S/C10H13NO3S2.C7H13NO2.C2H3ClO2.CS2/c12-8-5-16-10(15)11(8)7-3-1-2-6(4-7)9(13)14;8-6-3-1-2-5(4-6)7(9)10;3-1-2(4)5;2-1-3/h6-7H,1-5H2,(H,13,14);5-6H,1-4,8H2,(H,9,10);1H2,(H,4,5);. The number of hydrogen-bond donors (Lipinski definition) is 4.